The summed E-state index contributed by atoms with van der Waals surface area (Å²) in [7, 11) is 0. The number of aryl methyl sites for hydroxylation is 1. The largest absolute Gasteiger partial charge is 0.465 e. The van der Waals surface area contributed by atoms with Crippen LogP contribution in [0.5, 0.6) is 5.75 Å². The Morgan fingerprint density at radius 1 is 0.742 bits per heavy atom. The average Bonchev–Trinajstić information content (AvgIpc) is 2.63. The molecule has 0 aliphatic heterocycles. The Morgan fingerprint density at radius 2 is 1.26 bits per heavy atom. The minimum atomic E-state index is -6.11. The quantitative estimate of drug-likeness (QED) is 0.243. The predicted molar refractivity (Wildman–Crippen MR) is 84.6 cm³/mol. The third kappa shape index (κ3) is 6.99. The van der Waals surface area contributed by atoms with Crippen LogP contribution in [0.25, 0.3) is 0 Å². The van der Waals surface area contributed by atoms with Crippen LogP contribution in [0, 0.1) is 0 Å². The van der Waals surface area contributed by atoms with E-state index in [9.17, 15) is 53.5 Å². The van der Waals surface area contributed by atoms with Crippen molar-refractivity contribution in [3.05, 3.63) is 29.8 Å². The SMILES string of the molecule is O=C(NCCCCCc1ccc(OC(=O)C(F)(F)C(F)(F)F)cc1)C(F)(F)C(F)(F)F. The van der Waals surface area contributed by atoms with E-state index >= 15 is 0 Å². The number of amides is 1. The third-order valence-electron chi connectivity index (χ3n) is 3.82. The lowest BCUT2D eigenvalue weighted by Crippen LogP contribution is -2.50. The summed E-state index contributed by atoms with van der Waals surface area (Å²) in [5.41, 5.74) is 0.551. The molecule has 0 bridgehead atoms. The summed E-state index contributed by atoms with van der Waals surface area (Å²) in [5.74, 6) is -17.0. The topological polar surface area (TPSA) is 55.4 Å². The zero-order chi connectivity index (χ0) is 24.1. The van der Waals surface area contributed by atoms with Gasteiger partial charge < -0.3 is 10.1 Å². The highest BCUT2D eigenvalue weighted by Crippen LogP contribution is 2.37. The van der Waals surface area contributed by atoms with Crippen LogP contribution < -0.4 is 10.1 Å². The maximum Gasteiger partial charge on any atom is 0.465 e. The molecule has 0 aliphatic carbocycles. The molecule has 176 valence electrons. The maximum atomic E-state index is 12.8. The van der Waals surface area contributed by atoms with Crippen molar-refractivity contribution in [1.82, 2.24) is 5.32 Å². The molecule has 0 spiro atoms. The standard InChI is InChI=1S/C17H15F10NO3/c18-14(19,16(22,23)24)12(29)28-9-3-1-2-4-10-5-7-11(8-6-10)31-13(30)15(20,21)17(25,26)27/h5-8H,1-4,9H2,(H,28,29). The monoisotopic (exact) mass is 471 g/mol. The average molecular weight is 471 g/mol. The second-order valence-corrected chi connectivity index (χ2v) is 6.24. The van der Waals surface area contributed by atoms with Gasteiger partial charge in [-0.2, -0.15) is 43.9 Å². The Bertz CT molecular complexity index is 757. The Hall–Kier alpha value is -2.54. The van der Waals surface area contributed by atoms with E-state index in [1.165, 1.54) is 17.4 Å². The number of carbonyl (C=O) groups excluding carboxylic acids is 2. The molecular weight excluding hydrogens is 456 g/mol. The van der Waals surface area contributed by atoms with Gasteiger partial charge in [0.1, 0.15) is 5.75 Å². The molecule has 0 aliphatic rings. The Morgan fingerprint density at radius 3 is 1.74 bits per heavy atom. The van der Waals surface area contributed by atoms with E-state index in [1.54, 1.807) is 0 Å². The van der Waals surface area contributed by atoms with Crippen molar-refractivity contribution in [1.29, 1.82) is 0 Å². The van der Waals surface area contributed by atoms with Gasteiger partial charge in [0.25, 0.3) is 5.91 Å². The van der Waals surface area contributed by atoms with Crippen molar-refractivity contribution in [2.75, 3.05) is 6.54 Å². The number of carbonyl (C=O) groups is 2. The fourth-order valence-electron chi connectivity index (χ4n) is 2.08. The van der Waals surface area contributed by atoms with Gasteiger partial charge in [-0.1, -0.05) is 18.6 Å². The number of hydrogen-bond donors (Lipinski definition) is 1. The number of halogens is 10. The van der Waals surface area contributed by atoms with Crippen LogP contribution in [0.15, 0.2) is 24.3 Å². The van der Waals surface area contributed by atoms with Crippen LogP contribution in [0.1, 0.15) is 24.8 Å². The lowest BCUT2D eigenvalue weighted by atomic mass is 10.1. The molecule has 1 aromatic rings. The molecular formula is C17H15F10NO3. The number of nitrogens with one attached hydrogen (secondary N) is 1. The molecule has 0 saturated carbocycles. The van der Waals surface area contributed by atoms with E-state index in [-0.39, 0.29) is 6.42 Å². The van der Waals surface area contributed by atoms with Gasteiger partial charge in [0, 0.05) is 6.54 Å². The van der Waals surface area contributed by atoms with Crippen molar-refractivity contribution in [3.63, 3.8) is 0 Å². The molecule has 0 saturated heterocycles. The van der Waals surface area contributed by atoms with Crippen LogP contribution in [-0.2, 0) is 16.0 Å². The lowest BCUT2D eigenvalue weighted by Gasteiger charge is -2.18. The van der Waals surface area contributed by atoms with Gasteiger partial charge in [0.2, 0.25) is 0 Å². The fraction of sp³-hybridized carbons (Fsp3) is 0.529. The minimum absolute atomic E-state index is 0.0852. The van der Waals surface area contributed by atoms with Crippen LogP contribution >= 0.6 is 0 Å². The maximum absolute atomic E-state index is 12.8. The molecule has 0 fully saturated rings. The van der Waals surface area contributed by atoms with Crippen molar-refractivity contribution < 1.29 is 58.2 Å². The van der Waals surface area contributed by atoms with E-state index in [0.717, 1.165) is 12.1 Å². The van der Waals surface area contributed by atoms with Crippen LogP contribution in [0.2, 0.25) is 0 Å². The number of unbranched alkanes of at least 4 members (excludes halogenated alkanes) is 2. The van der Waals surface area contributed by atoms with E-state index in [1.807, 2.05) is 0 Å². The van der Waals surface area contributed by atoms with Gasteiger partial charge >= 0.3 is 30.2 Å². The molecule has 1 N–H and O–H groups in total. The molecule has 14 heteroatoms. The molecule has 4 nitrogen and oxygen atoms in total. The van der Waals surface area contributed by atoms with Crippen LogP contribution in [0.3, 0.4) is 0 Å². The van der Waals surface area contributed by atoms with Crippen molar-refractivity contribution in [3.8, 4) is 5.75 Å². The van der Waals surface area contributed by atoms with Crippen LogP contribution in [-0.4, -0.2) is 42.6 Å². The number of hydrogen-bond acceptors (Lipinski definition) is 3. The minimum Gasteiger partial charge on any atom is -0.422 e. The Kier molecular flexibility index (Phi) is 8.31. The highest BCUT2D eigenvalue weighted by atomic mass is 19.4. The molecule has 0 heterocycles. The smallest absolute Gasteiger partial charge is 0.422 e. The highest BCUT2D eigenvalue weighted by Gasteiger charge is 2.65. The Balaban J connectivity index is 2.39. The van der Waals surface area contributed by atoms with Crippen molar-refractivity contribution >= 4 is 11.9 Å². The first kappa shape index (κ1) is 26.5. The first-order valence-corrected chi connectivity index (χ1v) is 8.48. The third-order valence-corrected chi connectivity index (χ3v) is 3.82. The van der Waals surface area contributed by atoms with Crippen molar-refractivity contribution in [2.45, 2.75) is 49.9 Å². The van der Waals surface area contributed by atoms with Gasteiger partial charge in [0.15, 0.2) is 0 Å². The zero-order valence-electron chi connectivity index (χ0n) is 15.3. The number of esters is 1. The molecule has 1 aromatic carbocycles. The Labute approximate surface area is 168 Å². The summed E-state index contributed by atoms with van der Waals surface area (Å²) in [5, 5.41) is 1.48. The normalized spacial score (nSPS) is 13.1. The number of rotatable bonds is 9. The molecule has 0 radical (unpaired) electrons. The van der Waals surface area contributed by atoms with Crippen molar-refractivity contribution in [2.24, 2.45) is 0 Å². The van der Waals surface area contributed by atoms with Gasteiger partial charge in [-0.05, 0) is 37.0 Å². The summed E-state index contributed by atoms with van der Waals surface area (Å²) < 4.78 is 127. The summed E-state index contributed by atoms with van der Waals surface area (Å²) in [6, 6.07) is 4.53. The molecule has 0 atom stereocenters. The molecule has 1 amide bonds. The molecule has 1 rings (SSSR count). The summed E-state index contributed by atoms with van der Waals surface area (Å²) in [6.07, 6.45) is -11.0. The lowest BCUT2D eigenvalue weighted by molar-refractivity contribution is -0.276. The van der Waals surface area contributed by atoms with E-state index < -0.39 is 48.4 Å². The number of ether oxygens (including phenoxy) is 1. The predicted octanol–water partition coefficient (Wildman–Crippen LogP) is 4.82. The van der Waals surface area contributed by atoms with E-state index in [4.69, 9.17) is 0 Å². The van der Waals surface area contributed by atoms with E-state index in [2.05, 4.69) is 4.74 Å². The molecule has 31 heavy (non-hydrogen) atoms. The second-order valence-electron chi connectivity index (χ2n) is 6.24. The summed E-state index contributed by atoms with van der Waals surface area (Å²) in [4.78, 5) is 21.8. The van der Waals surface area contributed by atoms with Gasteiger partial charge in [0.05, 0.1) is 0 Å². The highest BCUT2D eigenvalue weighted by molar-refractivity contribution is 5.84. The zero-order valence-corrected chi connectivity index (χ0v) is 15.3. The summed E-state index contributed by atoms with van der Waals surface area (Å²) >= 11 is 0. The summed E-state index contributed by atoms with van der Waals surface area (Å²) in [6.45, 7) is -0.424. The molecule has 0 unspecified atom stereocenters. The number of alkyl halides is 10. The van der Waals surface area contributed by atoms with Gasteiger partial charge in [-0.15, -0.1) is 0 Å². The molecule has 0 aromatic heterocycles. The van der Waals surface area contributed by atoms with E-state index in [0.29, 0.717) is 24.8 Å². The fourth-order valence-corrected chi connectivity index (χ4v) is 2.08. The van der Waals surface area contributed by atoms with Gasteiger partial charge in [-0.3, -0.25) is 4.79 Å². The van der Waals surface area contributed by atoms with Crippen LogP contribution in [0.4, 0.5) is 43.9 Å². The first-order valence-electron chi connectivity index (χ1n) is 8.48. The first-order chi connectivity index (χ1) is 14.0. The number of benzene rings is 1. The van der Waals surface area contributed by atoms with Gasteiger partial charge in [-0.25, -0.2) is 4.79 Å². The second kappa shape index (κ2) is 9.73.